The van der Waals surface area contributed by atoms with Crippen LogP contribution < -0.4 is 5.32 Å². The highest BCUT2D eigenvalue weighted by molar-refractivity contribution is 5.90. The summed E-state index contributed by atoms with van der Waals surface area (Å²) in [6, 6.07) is 3.43. The molecule has 0 radical (unpaired) electrons. The summed E-state index contributed by atoms with van der Waals surface area (Å²) in [4.78, 5) is 23.9. The topological polar surface area (TPSA) is 60.3 Å². The van der Waals surface area contributed by atoms with Crippen molar-refractivity contribution in [2.75, 3.05) is 6.54 Å². The maximum Gasteiger partial charge on any atom is 0.355 e. The summed E-state index contributed by atoms with van der Waals surface area (Å²) in [5.41, 5.74) is 1.85. The Morgan fingerprint density at radius 1 is 1.41 bits per heavy atom. The number of ether oxygens (including phenoxy) is 1. The van der Waals surface area contributed by atoms with Crippen LogP contribution in [0.25, 0.3) is 0 Å². The van der Waals surface area contributed by atoms with Gasteiger partial charge in [-0.05, 0) is 51.2 Å². The summed E-state index contributed by atoms with van der Waals surface area (Å²) >= 11 is 0. The van der Waals surface area contributed by atoms with Crippen molar-refractivity contribution >= 4 is 11.9 Å². The highest BCUT2D eigenvalue weighted by Crippen LogP contribution is 2.19. The van der Waals surface area contributed by atoms with E-state index in [-0.39, 0.29) is 5.91 Å². The van der Waals surface area contributed by atoms with E-state index in [0.717, 1.165) is 19.3 Å². The third-order valence-electron chi connectivity index (χ3n) is 3.94. The van der Waals surface area contributed by atoms with Crippen LogP contribution in [0.1, 0.15) is 49.5 Å². The molecule has 120 valence electrons. The summed E-state index contributed by atoms with van der Waals surface area (Å²) in [5.74, 6) is -0.732. The predicted molar refractivity (Wildman–Crippen MR) is 84.5 cm³/mol. The SMILES string of the molecule is C[C@@H](OC(=O)c1cccn1C)C(=O)NCCC1=CCCCC1. The highest BCUT2D eigenvalue weighted by Gasteiger charge is 2.20. The van der Waals surface area contributed by atoms with Crippen LogP contribution in [0.4, 0.5) is 0 Å². The van der Waals surface area contributed by atoms with E-state index in [2.05, 4.69) is 11.4 Å². The first-order valence-electron chi connectivity index (χ1n) is 7.86. The molecular formula is C17H24N2O3. The Kier molecular flexibility index (Phi) is 5.81. The molecule has 2 rings (SSSR count). The van der Waals surface area contributed by atoms with Crippen LogP contribution in [-0.2, 0) is 16.6 Å². The fourth-order valence-corrected chi connectivity index (χ4v) is 2.57. The number of aromatic nitrogens is 1. The number of hydrogen-bond acceptors (Lipinski definition) is 3. The molecule has 1 aliphatic rings. The lowest BCUT2D eigenvalue weighted by Gasteiger charge is -2.15. The third-order valence-corrected chi connectivity index (χ3v) is 3.94. The molecule has 1 aromatic rings. The van der Waals surface area contributed by atoms with Gasteiger partial charge < -0.3 is 14.6 Å². The Balaban J connectivity index is 1.73. The fourth-order valence-electron chi connectivity index (χ4n) is 2.57. The second kappa shape index (κ2) is 7.82. The Hall–Kier alpha value is -2.04. The molecule has 0 aliphatic heterocycles. The molecule has 0 spiro atoms. The Morgan fingerprint density at radius 3 is 2.86 bits per heavy atom. The number of rotatable bonds is 6. The molecule has 1 N–H and O–H groups in total. The number of nitrogens with one attached hydrogen (secondary N) is 1. The van der Waals surface area contributed by atoms with Crippen molar-refractivity contribution < 1.29 is 14.3 Å². The zero-order valence-corrected chi connectivity index (χ0v) is 13.3. The van der Waals surface area contributed by atoms with Crippen molar-refractivity contribution in [2.24, 2.45) is 7.05 Å². The van der Waals surface area contributed by atoms with E-state index in [1.165, 1.54) is 18.4 Å². The van der Waals surface area contributed by atoms with Gasteiger partial charge in [0.25, 0.3) is 5.91 Å². The zero-order valence-electron chi connectivity index (χ0n) is 13.3. The van der Waals surface area contributed by atoms with Gasteiger partial charge in [0.1, 0.15) is 5.69 Å². The summed E-state index contributed by atoms with van der Waals surface area (Å²) < 4.78 is 6.86. The largest absolute Gasteiger partial charge is 0.448 e. The van der Waals surface area contributed by atoms with Gasteiger partial charge in [-0.25, -0.2) is 4.79 Å². The van der Waals surface area contributed by atoms with Crippen molar-refractivity contribution in [3.8, 4) is 0 Å². The maximum atomic E-state index is 12.0. The van der Waals surface area contributed by atoms with Gasteiger partial charge in [0.15, 0.2) is 6.10 Å². The average Bonchev–Trinajstić information content (AvgIpc) is 2.94. The molecule has 0 saturated heterocycles. The number of carbonyl (C=O) groups is 2. The van der Waals surface area contributed by atoms with E-state index in [9.17, 15) is 9.59 Å². The molecule has 0 saturated carbocycles. The molecule has 22 heavy (non-hydrogen) atoms. The standard InChI is InChI=1S/C17H24N2O3/c1-13(22-17(21)15-9-6-12-19(15)2)16(20)18-11-10-14-7-4-3-5-8-14/h6-7,9,12-13H,3-5,8,10-11H2,1-2H3,(H,18,20)/t13-/m1/s1. The van der Waals surface area contributed by atoms with Crippen LogP contribution in [0.5, 0.6) is 0 Å². The van der Waals surface area contributed by atoms with Gasteiger partial charge >= 0.3 is 5.97 Å². The summed E-state index contributed by atoms with van der Waals surface area (Å²) in [6.07, 6.45) is 8.91. The second-order valence-corrected chi connectivity index (χ2v) is 5.70. The minimum atomic E-state index is -0.789. The molecule has 1 aromatic heterocycles. The van der Waals surface area contributed by atoms with Crippen molar-refractivity contribution in [3.63, 3.8) is 0 Å². The predicted octanol–water partition coefficient (Wildman–Crippen LogP) is 2.58. The van der Waals surface area contributed by atoms with E-state index in [0.29, 0.717) is 12.2 Å². The van der Waals surface area contributed by atoms with Gasteiger partial charge in [0.2, 0.25) is 0 Å². The lowest BCUT2D eigenvalue weighted by atomic mass is 9.97. The van der Waals surface area contributed by atoms with Gasteiger partial charge in [0, 0.05) is 19.8 Å². The lowest BCUT2D eigenvalue weighted by molar-refractivity contribution is -0.129. The van der Waals surface area contributed by atoms with Gasteiger partial charge in [-0.1, -0.05) is 11.6 Å². The molecular weight excluding hydrogens is 280 g/mol. The van der Waals surface area contributed by atoms with Gasteiger partial charge in [-0.3, -0.25) is 4.79 Å². The molecule has 1 amide bonds. The smallest absolute Gasteiger partial charge is 0.355 e. The van der Waals surface area contributed by atoms with E-state index in [4.69, 9.17) is 4.74 Å². The molecule has 1 aliphatic carbocycles. The van der Waals surface area contributed by atoms with Crippen LogP contribution >= 0.6 is 0 Å². The number of amides is 1. The van der Waals surface area contributed by atoms with Gasteiger partial charge in [-0.15, -0.1) is 0 Å². The van der Waals surface area contributed by atoms with E-state index in [1.54, 1.807) is 36.9 Å². The normalized spacial score (nSPS) is 15.8. The molecule has 5 nitrogen and oxygen atoms in total. The number of carbonyl (C=O) groups excluding carboxylic acids is 2. The maximum absolute atomic E-state index is 12.0. The highest BCUT2D eigenvalue weighted by atomic mass is 16.5. The van der Waals surface area contributed by atoms with Crippen LogP contribution in [0.15, 0.2) is 30.0 Å². The molecule has 0 bridgehead atoms. The Labute approximate surface area is 131 Å². The molecule has 0 unspecified atom stereocenters. The minimum Gasteiger partial charge on any atom is -0.448 e. The zero-order chi connectivity index (χ0) is 15.9. The number of aryl methyl sites for hydroxylation is 1. The Morgan fingerprint density at radius 2 is 2.23 bits per heavy atom. The molecule has 0 aromatic carbocycles. The lowest BCUT2D eigenvalue weighted by Crippen LogP contribution is -2.36. The minimum absolute atomic E-state index is 0.251. The number of nitrogens with zero attached hydrogens (tertiary/aromatic N) is 1. The molecule has 0 fully saturated rings. The number of esters is 1. The number of allylic oxidation sites excluding steroid dienone is 1. The average molecular weight is 304 g/mol. The summed E-state index contributed by atoms with van der Waals surface area (Å²) in [5, 5.41) is 2.83. The molecule has 1 atom stereocenters. The van der Waals surface area contributed by atoms with Gasteiger partial charge in [-0.2, -0.15) is 0 Å². The van der Waals surface area contributed by atoms with Crippen LogP contribution in [0.3, 0.4) is 0 Å². The number of hydrogen-bond donors (Lipinski definition) is 1. The van der Waals surface area contributed by atoms with E-state index < -0.39 is 12.1 Å². The van der Waals surface area contributed by atoms with Gasteiger partial charge in [0.05, 0.1) is 0 Å². The first kappa shape index (κ1) is 16.3. The fraction of sp³-hybridized carbons (Fsp3) is 0.529. The van der Waals surface area contributed by atoms with Crippen molar-refractivity contribution in [2.45, 2.75) is 45.1 Å². The van der Waals surface area contributed by atoms with Crippen LogP contribution in [0, 0.1) is 0 Å². The quantitative estimate of drug-likeness (QED) is 0.649. The van der Waals surface area contributed by atoms with Crippen molar-refractivity contribution in [1.29, 1.82) is 0 Å². The second-order valence-electron chi connectivity index (χ2n) is 5.70. The Bertz CT molecular complexity index is 560. The molecule has 1 heterocycles. The first-order chi connectivity index (χ1) is 10.6. The third kappa shape index (κ3) is 4.48. The first-order valence-corrected chi connectivity index (χ1v) is 7.86. The summed E-state index contributed by atoms with van der Waals surface area (Å²) in [7, 11) is 1.76. The van der Waals surface area contributed by atoms with E-state index in [1.807, 2.05) is 0 Å². The summed E-state index contributed by atoms with van der Waals surface area (Å²) in [6.45, 7) is 2.19. The van der Waals surface area contributed by atoms with Crippen LogP contribution in [-0.4, -0.2) is 29.1 Å². The molecule has 5 heteroatoms. The van der Waals surface area contributed by atoms with Crippen molar-refractivity contribution in [3.05, 3.63) is 35.7 Å². The van der Waals surface area contributed by atoms with E-state index >= 15 is 0 Å². The van der Waals surface area contributed by atoms with Crippen molar-refractivity contribution in [1.82, 2.24) is 9.88 Å². The van der Waals surface area contributed by atoms with Crippen LogP contribution in [0.2, 0.25) is 0 Å². The monoisotopic (exact) mass is 304 g/mol.